The number of nitrogens with zero attached hydrogens (tertiary/aromatic N) is 3. The molecule has 0 radical (unpaired) electrons. The average molecular weight is 384 g/mol. The van der Waals surface area contributed by atoms with Crippen molar-refractivity contribution in [3.05, 3.63) is 58.3 Å². The number of thioether (sulfide) groups is 1. The Bertz CT molecular complexity index is 884. The highest BCUT2D eigenvalue weighted by Crippen LogP contribution is 2.34. The van der Waals surface area contributed by atoms with Crippen molar-refractivity contribution in [2.45, 2.75) is 20.8 Å². The lowest BCUT2D eigenvalue weighted by atomic mass is 10.2. The van der Waals surface area contributed by atoms with Crippen LogP contribution in [0.4, 0.5) is 5.69 Å². The lowest BCUT2D eigenvalue weighted by molar-refractivity contribution is -0.122. The second-order valence-corrected chi connectivity index (χ2v) is 7.39. The summed E-state index contributed by atoms with van der Waals surface area (Å²) < 4.78 is 7.58. The Morgan fingerprint density at radius 3 is 2.59 bits per heavy atom. The highest BCUT2D eigenvalue weighted by molar-refractivity contribution is 8.18. The van der Waals surface area contributed by atoms with Crippen molar-refractivity contribution in [3.8, 4) is 0 Å². The lowest BCUT2D eigenvalue weighted by Gasteiger charge is -2.15. The number of aliphatic imine (C=N–C) groups is 1. The van der Waals surface area contributed by atoms with Crippen molar-refractivity contribution in [1.29, 1.82) is 0 Å². The summed E-state index contributed by atoms with van der Waals surface area (Å²) in [5.74, 6) is -0.0182. The molecule has 1 saturated heterocycles. The van der Waals surface area contributed by atoms with E-state index in [9.17, 15) is 4.79 Å². The SMILES string of the molecule is CCOCCN1C(=O)/C(=C/c2cc(C)n(C)c2C)SC1=Nc1ccccc1. The Balaban J connectivity index is 1.93. The molecule has 1 aliphatic rings. The van der Waals surface area contributed by atoms with Crippen molar-refractivity contribution in [2.75, 3.05) is 19.8 Å². The zero-order chi connectivity index (χ0) is 19.4. The van der Waals surface area contributed by atoms with E-state index < -0.39 is 0 Å². The van der Waals surface area contributed by atoms with E-state index in [1.54, 1.807) is 4.90 Å². The van der Waals surface area contributed by atoms with Crippen LogP contribution < -0.4 is 0 Å². The summed E-state index contributed by atoms with van der Waals surface area (Å²) in [6.45, 7) is 7.70. The zero-order valence-electron chi connectivity index (χ0n) is 16.2. The number of aromatic nitrogens is 1. The van der Waals surface area contributed by atoms with Crippen molar-refractivity contribution in [3.63, 3.8) is 0 Å². The summed E-state index contributed by atoms with van der Waals surface area (Å²) in [4.78, 5) is 20.1. The second kappa shape index (κ2) is 8.59. The molecule has 0 atom stereocenters. The molecule has 0 N–H and O–H groups in total. The third-order valence-electron chi connectivity index (χ3n) is 4.63. The molecule has 0 unspecified atom stereocenters. The van der Waals surface area contributed by atoms with Gasteiger partial charge in [-0.2, -0.15) is 0 Å². The number of amides is 1. The number of hydrogen-bond donors (Lipinski definition) is 0. The molecule has 1 aromatic carbocycles. The van der Waals surface area contributed by atoms with Gasteiger partial charge in [-0.15, -0.1) is 0 Å². The van der Waals surface area contributed by atoms with Gasteiger partial charge in [0, 0.05) is 25.0 Å². The van der Waals surface area contributed by atoms with E-state index in [2.05, 4.69) is 29.5 Å². The Kier molecular flexibility index (Phi) is 6.19. The number of ether oxygens (including phenoxy) is 1. The monoisotopic (exact) mass is 383 g/mol. The van der Waals surface area contributed by atoms with Crippen molar-refractivity contribution >= 4 is 34.6 Å². The van der Waals surface area contributed by atoms with E-state index in [0.717, 1.165) is 16.9 Å². The van der Waals surface area contributed by atoms with E-state index in [0.29, 0.717) is 29.8 Å². The highest BCUT2D eigenvalue weighted by Gasteiger charge is 2.33. The molecular formula is C21H25N3O2S. The van der Waals surface area contributed by atoms with Gasteiger partial charge < -0.3 is 9.30 Å². The lowest BCUT2D eigenvalue weighted by Crippen LogP contribution is -2.32. The average Bonchev–Trinajstić information content (AvgIpc) is 3.08. The standard InChI is InChI=1S/C21H25N3O2S/c1-5-26-12-11-24-20(25)19(14-17-13-15(2)23(4)16(17)3)27-21(24)22-18-9-7-6-8-10-18/h6-10,13-14H,5,11-12H2,1-4H3/b19-14-,22-21?. The third-order valence-corrected chi connectivity index (χ3v) is 5.64. The number of para-hydroxylation sites is 1. The van der Waals surface area contributed by atoms with Gasteiger partial charge in [0.05, 0.1) is 23.7 Å². The fraction of sp³-hybridized carbons (Fsp3) is 0.333. The van der Waals surface area contributed by atoms with E-state index in [-0.39, 0.29) is 5.91 Å². The maximum absolute atomic E-state index is 13.0. The number of carbonyl (C=O) groups is 1. The second-order valence-electron chi connectivity index (χ2n) is 6.38. The van der Waals surface area contributed by atoms with Crippen LogP contribution in [0, 0.1) is 13.8 Å². The Morgan fingerprint density at radius 1 is 1.22 bits per heavy atom. The van der Waals surface area contributed by atoms with Crippen LogP contribution in [0.3, 0.4) is 0 Å². The number of rotatable bonds is 6. The van der Waals surface area contributed by atoms with Crippen LogP contribution >= 0.6 is 11.8 Å². The van der Waals surface area contributed by atoms with Gasteiger partial charge >= 0.3 is 0 Å². The van der Waals surface area contributed by atoms with Crippen LogP contribution in [0.15, 0.2) is 46.3 Å². The molecule has 0 aliphatic carbocycles. The molecule has 2 aromatic rings. The first-order chi connectivity index (χ1) is 13.0. The van der Waals surface area contributed by atoms with Crippen LogP contribution in [0.1, 0.15) is 23.9 Å². The third kappa shape index (κ3) is 4.34. The minimum absolute atomic E-state index is 0.0182. The summed E-state index contributed by atoms with van der Waals surface area (Å²) in [5.41, 5.74) is 4.21. The maximum Gasteiger partial charge on any atom is 0.266 e. The molecule has 142 valence electrons. The van der Waals surface area contributed by atoms with Gasteiger partial charge in [-0.25, -0.2) is 4.99 Å². The van der Waals surface area contributed by atoms with Gasteiger partial charge in [0.25, 0.3) is 5.91 Å². The quantitative estimate of drug-likeness (QED) is 0.552. The first-order valence-corrected chi connectivity index (χ1v) is 9.88. The number of hydrogen-bond acceptors (Lipinski definition) is 4. The van der Waals surface area contributed by atoms with E-state index in [4.69, 9.17) is 4.74 Å². The van der Waals surface area contributed by atoms with Crippen molar-refractivity contribution in [2.24, 2.45) is 12.0 Å². The van der Waals surface area contributed by atoms with Crippen LogP contribution in [0.2, 0.25) is 0 Å². The molecule has 3 rings (SSSR count). The van der Waals surface area contributed by atoms with Crippen LogP contribution in [-0.4, -0.2) is 40.3 Å². The fourth-order valence-corrected chi connectivity index (χ4v) is 3.89. The summed E-state index contributed by atoms with van der Waals surface area (Å²) in [7, 11) is 2.03. The fourth-order valence-electron chi connectivity index (χ4n) is 2.87. The van der Waals surface area contributed by atoms with E-state index in [1.807, 2.05) is 50.4 Å². The predicted molar refractivity (Wildman–Crippen MR) is 112 cm³/mol. The molecule has 2 heterocycles. The minimum atomic E-state index is -0.0182. The zero-order valence-corrected chi connectivity index (χ0v) is 17.0. The van der Waals surface area contributed by atoms with Gasteiger partial charge in [0.2, 0.25) is 0 Å². The molecular weight excluding hydrogens is 358 g/mol. The topological polar surface area (TPSA) is 46.8 Å². The molecule has 0 spiro atoms. The summed E-state index contributed by atoms with van der Waals surface area (Å²) >= 11 is 1.42. The molecule has 5 nitrogen and oxygen atoms in total. The van der Waals surface area contributed by atoms with Gasteiger partial charge in [0.15, 0.2) is 5.17 Å². The number of carbonyl (C=O) groups excluding carboxylic acids is 1. The maximum atomic E-state index is 13.0. The van der Waals surface area contributed by atoms with Crippen LogP contribution in [0.5, 0.6) is 0 Å². The normalized spacial score (nSPS) is 17.5. The van der Waals surface area contributed by atoms with Crippen molar-refractivity contribution in [1.82, 2.24) is 9.47 Å². The van der Waals surface area contributed by atoms with Crippen molar-refractivity contribution < 1.29 is 9.53 Å². The molecule has 1 fully saturated rings. The number of benzene rings is 1. The highest BCUT2D eigenvalue weighted by atomic mass is 32.2. The first kappa shape index (κ1) is 19.5. The molecule has 1 aromatic heterocycles. The Labute approximate surface area is 164 Å². The number of amidine groups is 1. The van der Waals surface area contributed by atoms with Gasteiger partial charge in [-0.3, -0.25) is 9.69 Å². The van der Waals surface area contributed by atoms with E-state index >= 15 is 0 Å². The largest absolute Gasteiger partial charge is 0.380 e. The van der Waals surface area contributed by atoms with Crippen LogP contribution in [-0.2, 0) is 16.6 Å². The van der Waals surface area contributed by atoms with Gasteiger partial charge in [-0.1, -0.05) is 18.2 Å². The van der Waals surface area contributed by atoms with Crippen LogP contribution in [0.25, 0.3) is 6.08 Å². The van der Waals surface area contributed by atoms with Gasteiger partial charge in [-0.05, 0) is 62.4 Å². The molecule has 27 heavy (non-hydrogen) atoms. The molecule has 1 amide bonds. The smallest absolute Gasteiger partial charge is 0.266 e. The summed E-state index contributed by atoms with van der Waals surface area (Å²) in [6.07, 6.45) is 1.97. The minimum Gasteiger partial charge on any atom is -0.380 e. The molecule has 6 heteroatoms. The Hall–Kier alpha value is -2.31. The summed E-state index contributed by atoms with van der Waals surface area (Å²) in [6, 6.07) is 11.8. The molecule has 1 aliphatic heterocycles. The van der Waals surface area contributed by atoms with E-state index in [1.165, 1.54) is 17.5 Å². The summed E-state index contributed by atoms with van der Waals surface area (Å²) in [5, 5.41) is 0.697. The molecule has 0 bridgehead atoms. The first-order valence-electron chi connectivity index (χ1n) is 9.07. The molecule has 0 saturated carbocycles. The predicted octanol–water partition coefficient (Wildman–Crippen LogP) is 4.28. The Morgan fingerprint density at radius 2 is 1.96 bits per heavy atom. The van der Waals surface area contributed by atoms with Gasteiger partial charge in [0.1, 0.15) is 0 Å². The number of aryl methyl sites for hydroxylation is 1.